The van der Waals surface area contributed by atoms with Gasteiger partial charge in [-0.25, -0.2) is 4.79 Å². The van der Waals surface area contributed by atoms with Crippen LogP contribution >= 0.6 is 0 Å². The van der Waals surface area contributed by atoms with Gasteiger partial charge in [0.05, 0.1) is 12.2 Å². The number of amides is 1. The highest BCUT2D eigenvalue weighted by atomic mass is 16.5. The highest BCUT2D eigenvalue weighted by molar-refractivity contribution is 5.99. The van der Waals surface area contributed by atoms with Gasteiger partial charge in [0.2, 0.25) is 0 Å². The van der Waals surface area contributed by atoms with Gasteiger partial charge in [0.25, 0.3) is 5.91 Å². The first kappa shape index (κ1) is 18.5. The standard InChI is InChI=1S/C19H22N2O4/c1-13-7-9-15(10-8-13)21-18(23)14(2)25-19(24)16-5-3-4-6-17(16)20-11-12-22/h3-10,14,20,22H,11-12H2,1-2H3,(H,21,23)/t14-/m1/s1. The second-order valence-electron chi connectivity index (χ2n) is 5.60. The summed E-state index contributed by atoms with van der Waals surface area (Å²) in [6, 6.07) is 14.1. The maximum atomic E-state index is 12.3. The Morgan fingerprint density at radius 3 is 2.48 bits per heavy atom. The molecule has 6 nitrogen and oxygen atoms in total. The Morgan fingerprint density at radius 2 is 1.80 bits per heavy atom. The van der Waals surface area contributed by atoms with E-state index in [0.717, 1.165) is 5.56 Å². The summed E-state index contributed by atoms with van der Waals surface area (Å²) in [7, 11) is 0. The molecule has 0 heterocycles. The first-order chi connectivity index (χ1) is 12.0. The van der Waals surface area contributed by atoms with Crippen molar-refractivity contribution in [2.24, 2.45) is 0 Å². The molecule has 0 spiro atoms. The van der Waals surface area contributed by atoms with Gasteiger partial charge in [-0.05, 0) is 38.1 Å². The maximum Gasteiger partial charge on any atom is 0.341 e. The summed E-state index contributed by atoms with van der Waals surface area (Å²) in [4.78, 5) is 24.5. The first-order valence-electron chi connectivity index (χ1n) is 8.03. The Bertz CT molecular complexity index is 728. The molecule has 0 aromatic heterocycles. The molecule has 25 heavy (non-hydrogen) atoms. The van der Waals surface area contributed by atoms with Gasteiger partial charge in [-0.2, -0.15) is 0 Å². The number of aryl methyl sites for hydroxylation is 1. The van der Waals surface area contributed by atoms with Crippen LogP contribution in [-0.2, 0) is 9.53 Å². The van der Waals surface area contributed by atoms with Crippen molar-refractivity contribution < 1.29 is 19.4 Å². The molecule has 0 aliphatic carbocycles. The fourth-order valence-electron chi connectivity index (χ4n) is 2.16. The fourth-order valence-corrected chi connectivity index (χ4v) is 2.16. The smallest absolute Gasteiger partial charge is 0.341 e. The fraction of sp³-hybridized carbons (Fsp3) is 0.263. The average Bonchev–Trinajstić information content (AvgIpc) is 2.62. The van der Waals surface area contributed by atoms with Crippen molar-refractivity contribution in [1.82, 2.24) is 0 Å². The molecule has 0 aliphatic heterocycles. The van der Waals surface area contributed by atoms with E-state index in [1.165, 1.54) is 6.92 Å². The number of aliphatic hydroxyl groups is 1. The summed E-state index contributed by atoms with van der Waals surface area (Å²) in [5.41, 5.74) is 2.59. The molecule has 2 aromatic rings. The van der Waals surface area contributed by atoms with Crippen molar-refractivity contribution in [1.29, 1.82) is 0 Å². The third-order valence-electron chi connectivity index (χ3n) is 3.55. The quantitative estimate of drug-likeness (QED) is 0.673. The van der Waals surface area contributed by atoms with Gasteiger partial charge in [0.1, 0.15) is 0 Å². The Balaban J connectivity index is 1.99. The number of anilines is 2. The molecule has 0 radical (unpaired) electrons. The zero-order valence-corrected chi connectivity index (χ0v) is 14.3. The molecular formula is C19H22N2O4. The summed E-state index contributed by atoms with van der Waals surface area (Å²) in [5.74, 6) is -1.01. The van der Waals surface area contributed by atoms with E-state index in [1.54, 1.807) is 36.4 Å². The molecule has 0 bridgehead atoms. The number of para-hydroxylation sites is 1. The van der Waals surface area contributed by atoms with Crippen LogP contribution in [0.15, 0.2) is 48.5 Å². The van der Waals surface area contributed by atoms with E-state index in [-0.39, 0.29) is 6.61 Å². The van der Waals surface area contributed by atoms with Crippen LogP contribution in [0.2, 0.25) is 0 Å². The summed E-state index contributed by atoms with van der Waals surface area (Å²) in [6.07, 6.45) is -0.945. The molecular weight excluding hydrogens is 320 g/mol. The lowest BCUT2D eigenvalue weighted by Gasteiger charge is -2.15. The van der Waals surface area contributed by atoms with Crippen LogP contribution in [0, 0.1) is 6.92 Å². The third-order valence-corrected chi connectivity index (χ3v) is 3.55. The lowest BCUT2D eigenvalue weighted by Crippen LogP contribution is -2.30. The normalized spacial score (nSPS) is 11.5. The number of carbonyl (C=O) groups excluding carboxylic acids is 2. The summed E-state index contributed by atoms with van der Waals surface area (Å²) in [5, 5.41) is 14.6. The van der Waals surface area contributed by atoms with E-state index in [9.17, 15) is 9.59 Å². The molecule has 0 saturated carbocycles. The van der Waals surface area contributed by atoms with Gasteiger partial charge >= 0.3 is 5.97 Å². The zero-order valence-electron chi connectivity index (χ0n) is 14.3. The molecule has 0 saturated heterocycles. The molecule has 2 rings (SSSR count). The van der Waals surface area contributed by atoms with Crippen LogP contribution in [0.5, 0.6) is 0 Å². The topological polar surface area (TPSA) is 87.7 Å². The van der Waals surface area contributed by atoms with Gasteiger partial charge in [-0.1, -0.05) is 29.8 Å². The Morgan fingerprint density at radius 1 is 1.12 bits per heavy atom. The van der Waals surface area contributed by atoms with Gasteiger partial charge in [0, 0.05) is 17.9 Å². The minimum atomic E-state index is -0.945. The predicted molar refractivity (Wildman–Crippen MR) is 96.7 cm³/mol. The van der Waals surface area contributed by atoms with Gasteiger partial charge in [0.15, 0.2) is 6.10 Å². The Labute approximate surface area is 146 Å². The molecule has 2 aromatic carbocycles. The number of rotatable bonds is 7. The van der Waals surface area contributed by atoms with Gasteiger partial charge < -0.3 is 20.5 Å². The van der Waals surface area contributed by atoms with E-state index in [4.69, 9.17) is 9.84 Å². The van der Waals surface area contributed by atoms with Crippen molar-refractivity contribution >= 4 is 23.3 Å². The van der Waals surface area contributed by atoms with Crippen molar-refractivity contribution in [2.45, 2.75) is 20.0 Å². The number of carbonyl (C=O) groups is 2. The SMILES string of the molecule is Cc1ccc(NC(=O)[C@@H](C)OC(=O)c2ccccc2NCCO)cc1. The minimum Gasteiger partial charge on any atom is -0.449 e. The van der Waals surface area contributed by atoms with Gasteiger partial charge in [-0.3, -0.25) is 4.79 Å². The molecule has 132 valence electrons. The van der Waals surface area contributed by atoms with E-state index in [0.29, 0.717) is 23.5 Å². The van der Waals surface area contributed by atoms with Crippen molar-refractivity contribution in [3.8, 4) is 0 Å². The van der Waals surface area contributed by atoms with Crippen LogP contribution in [0.1, 0.15) is 22.8 Å². The van der Waals surface area contributed by atoms with Crippen molar-refractivity contribution in [3.63, 3.8) is 0 Å². The number of esters is 1. The van der Waals surface area contributed by atoms with Crippen LogP contribution in [0.25, 0.3) is 0 Å². The maximum absolute atomic E-state index is 12.3. The predicted octanol–water partition coefficient (Wildman–Crippen LogP) is 2.58. The monoisotopic (exact) mass is 342 g/mol. The number of hydrogen-bond acceptors (Lipinski definition) is 5. The number of hydrogen-bond donors (Lipinski definition) is 3. The molecule has 1 amide bonds. The lowest BCUT2D eigenvalue weighted by atomic mass is 10.1. The largest absolute Gasteiger partial charge is 0.449 e. The number of nitrogens with one attached hydrogen (secondary N) is 2. The number of aliphatic hydroxyl groups excluding tert-OH is 1. The number of benzene rings is 2. The second-order valence-corrected chi connectivity index (χ2v) is 5.60. The van der Waals surface area contributed by atoms with E-state index in [1.807, 2.05) is 19.1 Å². The lowest BCUT2D eigenvalue weighted by molar-refractivity contribution is -0.123. The van der Waals surface area contributed by atoms with E-state index < -0.39 is 18.0 Å². The van der Waals surface area contributed by atoms with Crippen molar-refractivity contribution in [2.75, 3.05) is 23.8 Å². The van der Waals surface area contributed by atoms with Crippen molar-refractivity contribution in [3.05, 3.63) is 59.7 Å². The Hall–Kier alpha value is -2.86. The number of ether oxygens (including phenoxy) is 1. The van der Waals surface area contributed by atoms with E-state index in [2.05, 4.69) is 10.6 Å². The summed E-state index contributed by atoms with van der Waals surface area (Å²) < 4.78 is 5.26. The highest BCUT2D eigenvalue weighted by Crippen LogP contribution is 2.17. The average molecular weight is 342 g/mol. The molecule has 3 N–H and O–H groups in total. The van der Waals surface area contributed by atoms with Crippen LogP contribution in [0.4, 0.5) is 11.4 Å². The van der Waals surface area contributed by atoms with Crippen LogP contribution in [0.3, 0.4) is 0 Å². The molecule has 0 fully saturated rings. The Kier molecular flexibility index (Phi) is 6.54. The van der Waals surface area contributed by atoms with E-state index >= 15 is 0 Å². The molecule has 6 heteroatoms. The summed E-state index contributed by atoms with van der Waals surface area (Å²) >= 11 is 0. The molecule has 1 atom stereocenters. The molecule has 0 aliphatic rings. The second kappa shape index (κ2) is 8.84. The summed E-state index contributed by atoms with van der Waals surface area (Å²) in [6.45, 7) is 3.73. The van der Waals surface area contributed by atoms with Crippen LogP contribution < -0.4 is 10.6 Å². The zero-order chi connectivity index (χ0) is 18.2. The molecule has 0 unspecified atom stereocenters. The first-order valence-corrected chi connectivity index (χ1v) is 8.03. The highest BCUT2D eigenvalue weighted by Gasteiger charge is 2.20. The van der Waals surface area contributed by atoms with Crippen LogP contribution in [-0.4, -0.2) is 36.2 Å². The van der Waals surface area contributed by atoms with Gasteiger partial charge in [-0.15, -0.1) is 0 Å². The third kappa shape index (κ3) is 5.32. The minimum absolute atomic E-state index is 0.0568.